The second kappa shape index (κ2) is 4.13. The molecule has 0 amide bonds. The van der Waals surface area contributed by atoms with Gasteiger partial charge in [-0.1, -0.05) is 19.9 Å². The predicted molar refractivity (Wildman–Crippen MR) is 63.7 cm³/mol. The Kier molecular flexibility index (Phi) is 2.85. The Morgan fingerprint density at radius 1 is 1.33 bits per heavy atom. The standard InChI is InChI=1S/C13H19NO/c1-9(2)12-7-4-10(14-3)8-13(12)15-11-5-6-11/h4,7-9,11,14H,5-6H2,1-3H3. The molecule has 0 saturated heterocycles. The molecule has 2 heteroatoms. The van der Waals surface area contributed by atoms with Gasteiger partial charge in [0, 0.05) is 18.8 Å². The molecule has 1 aromatic rings. The van der Waals surface area contributed by atoms with E-state index in [0.29, 0.717) is 12.0 Å². The predicted octanol–water partition coefficient (Wildman–Crippen LogP) is 3.39. The summed E-state index contributed by atoms with van der Waals surface area (Å²) in [5, 5.41) is 3.15. The molecule has 0 aromatic heterocycles. The summed E-state index contributed by atoms with van der Waals surface area (Å²) in [7, 11) is 1.94. The lowest BCUT2D eigenvalue weighted by Crippen LogP contribution is -2.02. The minimum absolute atomic E-state index is 0.467. The molecule has 1 fully saturated rings. The highest BCUT2D eigenvalue weighted by Crippen LogP contribution is 2.34. The summed E-state index contributed by atoms with van der Waals surface area (Å²) in [5.41, 5.74) is 2.43. The van der Waals surface area contributed by atoms with E-state index in [1.807, 2.05) is 7.05 Å². The molecule has 1 aromatic carbocycles. The van der Waals surface area contributed by atoms with E-state index in [4.69, 9.17) is 4.74 Å². The Balaban J connectivity index is 2.26. The van der Waals surface area contributed by atoms with Crippen LogP contribution in [-0.4, -0.2) is 13.2 Å². The van der Waals surface area contributed by atoms with Gasteiger partial charge < -0.3 is 10.1 Å². The Morgan fingerprint density at radius 2 is 2.07 bits per heavy atom. The van der Waals surface area contributed by atoms with Crippen molar-refractivity contribution in [3.05, 3.63) is 23.8 Å². The first kappa shape index (κ1) is 10.3. The Labute approximate surface area is 91.6 Å². The summed E-state index contributed by atoms with van der Waals surface area (Å²) in [6.45, 7) is 4.41. The van der Waals surface area contributed by atoms with E-state index in [1.54, 1.807) is 0 Å². The van der Waals surface area contributed by atoms with E-state index in [9.17, 15) is 0 Å². The summed E-state index contributed by atoms with van der Waals surface area (Å²) >= 11 is 0. The second-order valence-electron chi connectivity index (χ2n) is 4.47. The van der Waals surface area contributed by atoms with Gasteiger partial charge >= 0.3 is 0 Å². The average Bonchev–Trinajstić information content (AvgIpc) is 3.01. The van der Waals surface area contributed by atoms with Crippen LogP contribution in [0.1, 0.15) is 38.2 Å². The maximum atomic E-state index is 5.92. The average molecular weight is 205 g/mol. The lowest BCUT2D eigenvalue weighted by Gasteiger charge is -2.15. The third-order valence-electron chi connectivity index (χ3n) is 2.74. The highest BCUT2D eigenvalue weighted by molar-refractivity contribution is 5.52. The van der Waals surface area contributed by atoms with Gasteiger partial charge in [0.25, 0.3) is 0 Å². The summed E-state index contributed by atoms with van der Waals surface area (Å²) in [4.78, 5) is 0. The van der Waals surface area contributed by atoms with Crippen LogP contribution in [0.15, 0.2) is 18.2 Å². The minimum atomic E-state index is 0.467. The van der Waals surface area contributed by atoms with Crippen LogP contribution in [0.25, 0.3) is 0 Å². The molecule has 82 valence electrons. The second-order valence-corrected chi connectivity index (χ2v) is 4.47. The quantitative estimate of drug-likeness (QED) is 0.813. The fourth-order valence-electron chi connectivity index (χ4n) is 1.63. The van der Waals surface area contributed by atoms with Crippen molar-refractivity contribution < 1.29 is 4.74 Å². The zero-order chi connectivity index (χ0) is 10.8. The summed E-state index contributed by atoms with van der Waals surface area (Å²) < 4.78 is 5.92. The van der Waals surface area contributed by atoms with Crippen LogP contribution >= 0.6 is 0 Å². The number of anilines is 1. The number of hydrogen-bond acceptors (Lipinski definition) is 2. The van der Waals surface area contributed by atoms with Gasteiger partial charge in [-0.05, 0) is 30.4 Å². The van der Waals surface area contributed by atoms with Gasteiger partial charge in [-0.25, -0.2) is 0 Å². The molecule has 15 heavy (non-hydrogen) atoms. The van der Waals surface area contributed by atoms with E-state index in [1.165, 1.54) is 18.4 Å². The molecular formula is C13H19NO. The monoisotopic (exact) mass is 205 g/mol. The van der Waals surface area contributed by atoms with Crippen LogP contribution in [0.5, 0.6) is 5.75 Å². The molecule has 0 aliphatic heterocycles. The maximum Gasteiger partial charge on any atom is 0.125 e. The van der Waals surface area contributed by atoms with E-state index in [2.05, 4.69) is 37.4 Å². The van der Waals surface area contributed by atoms with Crippen molar-refractivity contribution in [2.45, 2.75) is 38.7 Å². The molecule has 0 heterocycles. The van der Waals surface area contributed by atoms with Crippen LogP contribution in [0.2, 0.25) is 0 Å². The van der Waals surface area contributed by atoms with Crippen molar-refractivity contribution in [3.63, 3.8) is 0 Å². The van der Waals surface area contributed by atoms with E-state index in [-0.39, 0.29) is 0 Å². The molecule has 0 atom stereocenters. The van der Waals surface area contributed by atoms with Gasteiger partial charge in [-0.15, -0.1) is 0 Å². The van der Waals surface area contributed by atoms with Crippen molar-refractivity contribution in [1.82, 2.24) is 0 Å². The molecule has 2 nitrogen and oxygen atoms in total. The third-order valence-corrected chi connectivity index (χ3v) is 2.74. The molecule has 0 unspecified atom stereocenters. The minimum Gasteiger partial charge on any atom is -0.490 e. The summed E-state index contributed by atoms with van der Waals surface area (Å²) in [5.74, 6) is 1.57. The number of nitrogens with one attached hydrogen (secondary N) is 1. The first-order valence-electron chi connectivity index (χ1n) is 5.69. The topological polar surface area (TPSA) is 21.3 Å². The molecule has 0 spiro atoms. The molecule has 0 radical (unpaired) electrons. The normalized spacial score (nSPS) is 15.5. The first-order valence-corrected chi connectivity index (χ1v) is 5.69. The molecule has 0 bridgehead atoms. The summed E-state index contributed by atoms with van der Waals surface area (Å²) in [6, 6.07) is 6.37. The van der Waals surface area contributed by atoms with Crippen LogP contribution in [0.3, 0.4) is 0 Å². The molecule has 1 aliphatic rings. The van der Waals surface area contributed by atoms with Gasteiger partial charge in [0.2, 0.25) is 0 Å². The molecule has 1 saturated carbocycles. The fraction of sp³-hybridized carbons (Fsp3) is 0.538. The highest BCUT2D eigenvalue weighted by atomic mass is 16.5. The largest absolute Gasteiger partial charge is 0.490 e. The van der Waals surface area contributed by atoms with Crippen LogP contribution in [0, 0.1) is 0 Å². The van der Waals surface area contributed by atoms with Crippen molar-refractivity contribution >= 4 is 5.69 Å². The van der Waals surface area contributed by atoms with Crippen LogP contribution in [0.4, 0.5) is 5.69 Å². The van der Waals surface area contributed by atoms with E-state index < -0.39 is 0 Å². The first-order chi connectivity index (χ1) is 7.20. The van der Waals surface area contributed by atoms with Crippen LogP contribution in [-0.2, 0) is 0 Å². The van der Waals surface area contributed by atoms with E-state index in [0.717, 1.165) is 11.4 Å². The number of benzene rings is 1. The van der Waals surface area contributed by atoms with Crippen LogP contribution < -0.4 is 10.1 Å². The third kappa shape index (κ3) is 2.44. The zero-order valence-electron chi connectivity index (χ0n) is 9.71. The smallest absolute Gasteiger partial charge is 0.125 e. The fourth-order valence-corrected chi connectivity index (χ4v) is 1.63. The number of ether oxygens (including phenoxy) is 1. The van der Waals surface area contributed by atoms with Crippen molar-refractivity contribution in [3.8, 4) is 5.75 Å². The lowest BCUT2D eigenvalue weighted by molar-refractivity contribution is 0.299. The van der Waals surface area contributed by atoms with Gasteiger partial charge in [0.1, 0.15) is 5.75 Å². The molecular weight excluding hydrogens is 186 g/mol. The van der Waals surface area contributed by atoms with Crippen molar-refractivity contribution in [1.29, 1.82) is 0 Å². The van der Waals surface area contributed by atoms with Crippen molar-refractivity contribution in [2.24, 2.45) is 0 Å². The zero-order valence-corrected chi connectivity index (χ0v) is 9.71. The molecule has 1 N–H and O–H groups in total. The number of hydrogen-bond donors (Lipinski definition) is 1. The Hall–Kier alpha value is -1.18. The van der Waals surface area contributed by atoms with Gasteiger partial charge in [0.15, 0.2) is 0 Å². The maximum absolute atomic E-state index is 5.92. The number of rotatable bonds is 4. The Bertz CT molecular complexity index is 342. The summed E-state index contributed by atoms with van der Waals surface area (Å²) in [6.07, 6.45) is 2.89. The lowest BCUT2D eigenvalue weighted by atomic mass is 10.0. The molecule has 1 aliphatic carbocycles. The SMILES string of the molecule is CNc1ccc(C(C)C)c(OC2CC2)c1. The Morgan fingerprint density at radius 3 is 2.60 bits per heavy atom. The van der Waals surface area contributed by atoms with Gasteiger partial charge in [0.05, 0.1) is 6.10 Å². The van der Waals surface area contributed by atoms with Gasteiger partial charge in [-0.3, -0.25) is 0 Å². The highest BCUT2D eigenvalue weighted by Gasteiger charge is 2.25. The molecule has 2 rings (SSSR count). The van der Waals surface area contributed by atoms with E-state index >= 15 is 0 Å². The van der Waals surface area contributed by atoms with Crippen molar-refractivity contribution in [2.75, 3.05) is 12.4 Å². The van der Waals surface area contributed by atoms with Gasteiger partial charge in [-0.2, -0.15) is 0 Å².